The van der Waals surface area contributed by atoms with E-state index in [4.69, 9.17) is 0 Å². The van der Waals surface area contributed by atoms with Crippen molar-refractivity contribution >= 4 is 5.70 Å². The molecular weight excluding hydrogens is 203 g/mol. The van der Waals surface area contributed by atoms with Crippen molar-refractivity contribution in [1.29, 1.82) is 0 Å². The third-order valence-corrected chi connectivity index (χ3v) is 3.06. The quantitative estimate of drug-likeness (QED) is 0.792. The summed E-state index contributed by atoms with van der Waals surface area (Å²) in [5.41, 5.74) is 1.59. The first kappa shape index (κ1) is 11.1. The van der Waals surface area contributed by atoms with Crippen molar-refractivity contribution < 1.29 is 4.39 Å². The van der Waals surface area contributed by atoms with Gasteiger partial charge in [0.15, 0.2) is 0 Å². The number of nitrogens with zero attached hydrogens (tertiary/aromatic N) is 1. The number of hydrogen-bond acceptors (Lipinski definition) is 2. The molecule has 0 atom stereocenters. The van der Waals surface area contributed by atoms with E-state index in [-0.39, 0.29) is 0 Å². The normalized spacial score (nSPS) is 17.1. The van der Waals surface area contributed by atoms with Gasteiger partial charge in [0, 0.05) is 29.6 Å². The second-order valence-corrected chi connectivity index (χ2v) is 4.33. The SMILES string of the molecule is C=C(NC1CCCCC1)c1ccnc(F)c1. The number of rotatable bonds is 3. The molecule has 0 saturated heterocycles. The van der Waals surface area contributed by atoms with Crippen LogP contribution >= 0.6 is 0 Å². The van der Waals surface area contributed by atoms with Gasteiger partial charge in [-0.05, 0) is 18.9 Å². The number of pyridine rings is 1. The number of halogens is 1. The topological polar surface area (TPSA) is 24.9 Å². The molecule has 0 bridgehead atoms. The molecule has 0 amide bonds. The molecular formula is C13H17FN2. The number of hydrogen-bond donors (Lipinski definition) is 1. The second kappa shape index (κ2) is 5.10. The van der Waals surface area contributed by atoms with Crippen LogP contribution in [-0.4, -0.2) is 11.0 Å². The lowest BCUT2D eigenvalue weighted by atomic mass is 9.95. The zero-order valence-electron chi connectivity index (χ0n) is 9.38. The minimum Gasteiger partial charge on any atom is -0.382 e. The van der Waals surface area contributed by atoms with E-state index in [1.165, 1.54) is 44.4 Å². The lowest BCUT2D eigenvalue weighted by molar-refractivity contribution is 0.409. The summed E-state index contributed by atoms with van der Waals surface area (Å²) in [5, 5.41) is 3.37. The monoisotopic (exact) mass is 220 g/mol. The van der Waals surface area contributed by atoms with Gasteiger partial charge in [-0.1, -0.05) is 25.8 Å². The van der Waals surface area contributed by atoms with Gasteiger partial charge < -0.3 is 5.32 Å². The Morgan fingerprint density at radius 3 is 2.81 bits per heavy atom. The highest BCUT2D eigenvalue weighted by molar-refractivity contribution is 5.61. The molecule has 1 aromatic rings. The summed E-state index contributed by atoms with van der Waals surface area (Å²) in [4.78, 5) is 3.53. The first-order chi connectivity index (χ1) is 7.75. The minimum absolute atomic E-state index is 0.455. The van der Waals surface area contributed by atoms with Gasteiger partial charge in [-0.25, -0.2) is 4.98 Å². The molecule has 16 heavy (non-hydrogen) atoms. The molecule has 0 aromatic carbocycles. The molecule has 1 aliphatic carbocycles. The Balaban J connectivity index is 1.97. The highest BCUT2D eigenvalue weighted by Gasteiger charge is 2.13. The minimum atomic E-state index is -0.455. The molecule has 0 radical (unpaired) electrons. The molecule has 2 rings (SSSR count). The van der Waals surface area contributed by atoms with Crippen LogP contribution in [0.1, 0.15) is 37.7 Å². The van der Waals surface area contributed by atoms with Crippen LogP contribution in [0.15, 0.2) is 24.9 Å². The lowest BCUT2D eigenvalue weighted by Crippen LogP contribution is -2.29. The van der Waals surface area contributed by atoms with Crippen molar-refractivity contribution in [3.8, 4) is 0 Å². The van der Waals surface area contributed by atoms with Crippen LogP contribution < -0.4 is 5.32 Å². The van der Waals surface area contributed by atoms with Crippen LogP contribution in [0.2, 0.25) is 0 Å². The van der Waals surface area contributed by atoms with Gasteiger partial charge >= 0.3 is 0 Å². The molecule has 1 aromatic heterocycles. The largest absolute Gasteiger partial charge is 0.382 e. The van der Waals surface area contributed by atoms with Gasteiger partial charge in [0.1, 0.15) is 0 Å². The molecule has 1 aliphatic rings. The maximum Gasteiger partial charge on any atom is 0.213 e. The van der Waals surface area contributed by atoms with E-state index in [1.54, 1.807) is 6.07 Å². The summed E-state index contributed by atoms with van der Waals surface area (Å²) in [7, 11) is 0. The van der Waals surface area contributed by atoms with Crippen molar-refractivity contribution in [3.05, 3.63) is 36.4 Å². The summed E-state index contributed by atoms with van der Waals surface area (Å²) in [6.07, 6.45) is 7.72. The highest BCUT2D eigenvalue weighted by atomic mass is 19.1. The summed E-state index contributed by atoms with van der Waals surface area (Å²) in [6.45, 7) is 3.95. The fraction of sp³-hybridized carbons (Fsp3) is 0.462. The predicted molar refractivity (Wildman–Crippen MR) is 63.2 cm³/mol. The van der Waals surface area contributed by atoms with Crippen LogP contribution in [0.25, 0.3) is 5.70 Å². The molecule has 3 heteroatoms. The molecule has 2 nitrogen and oxygen atoms in total. The first-order valence-electron chi connectivity index (χ1n) is 5.83. The summed E-state index contributed by atoms with van der Waals surface area (Å²) in [6, 6.07) is 3.69. The van der Waals surface area contributed by atoms with E-state index in [0.717, 1.165) is 11.3 Å². The van der Waals surface area contributed by atoms with E-state index in [0.29, 0.717) is 6.04 Å². The van der Waals surface area contributed by atoms with Crippen LogP contribution in [0.4, 0.5) is 4.39 Å². The van der Waals surface area contributed by atoms with Gasteiger partial charge in [0.25, 0.3) is 0 Å². The Kier molecular flexibility index (Phi) is 3.54. The van der Waals surface area contributed by atoms with Gasteiger partial charge in [0.05, 0.1) is 0 Å². The van der Waals surface area contributed by atoms with Crippen LogP contribution in [-0.2, 0) is 0 Å². The van der Waals surface area contributed by atoms with Crippen molar-refractivity contribution in [3.63, 3.8) is 0 Å². The zero-order chi connectivity index (χ0) is 11.4. The van der Waals surface area contributed by atoms with E-state index in [2.05, 4.69) is 16.9 Å². The Hall–Kier alpha value is -1.38. The zero-order valence-corrected chi connectivity index (χ0v) is 9.38. The standard InChI is InChI=1S/C13H17FN2/c1-10(11-7-8-15-13(14)9-11)16-12-5-3-2-4-6-12/h7-9,12,16H,1-6H2. The van der Waals surface area contributed by atoms with Gasteiger partial charge in [-0.15, -0.1) is 0 Å². The average Bonchev–Trinajstić information content (AvgIpc) is 2.30. The summed E-state index contributed by atoms with van der Waals surface area (Å²) >= 11 is 0. The molecule has 1 heterocycles. The van der Waals surface area contributed by atoms with Crippen LogP contribution in [0, 0.1) is 5.95 Å². The number of nitrogens with one attached hydrogen (secondary N) is 1. The predicted octanol–water partition coefficient (Wildman–Crippen LogP) is 3.11. The Morgan fingerprint density at radius 1 is 1.38 bits per heavy atom. The van der Waals surface area contributed by atoms with Crippen molar-refractivity contribution in [2.45, 2.75) is 38.1 Å². The van der Waals surface area contributed by atoms with E-state index in [1.807, 2.05) is 0 Å². The molecule has 0 unspecified atom stereocenters. The Bertz CT molecular complexity index is 370. The Morgan fingerprint density at radius 2 is 2.12 bits per heavy atom. The first-order valence-corrected chi connectivity index (χ1v) is 5.83. The lowest BCUT2D eigenvalue weighted by Gasteiger charge is -2.24. The van der Waals surface area contributed by atoms with Crippen molar-refractivity contribution in [2.24, 2.45) is 0 Å². The molecule has 0 spiro atoms. The summed E-state index contributed by atoms with van der Waals surface area (Å²) < 4.78 is 12.9. The molecule has 1 N–H and O–H groups in total. The third-order valence-electron chi connectivity index (χ3n) is 3.06. The fourth-order valence-electron chi connectivity index (χ4n) is 2.17. The molecule has 1 fully saturated rings. The van der Waals surface area contributed by atoms with Crippen LogP contribution in [0.3, 0.4) is 0 Å². The van der Waals surface area contributed by atoms with Crippen molar-refractivity contribution in [1.82, 2.24) is 10.3 Å². The maximum atomic E-state index is 12.9. The maximum absolute atomic E-state index is 12.9. The van der Waals surface area contributed by atoms with Gasteiger partial charge in [-0.3, -0.25) is 0 Å². The summed E-state index contributed by atoms with van der Waals surface area (Å²) in [5.74, 6) is -0.455. The van der Waals surface area contributed by atoms with E-state index in [9.17, 15) is 4.39 Å². The third kappa shape index (κ3) is 2.81. The smallest absolute Gasteiger partial charge is 0.213 e. The van der Waals surface area contributed by atoms with Gasteiger partial charge in [0.2, 0.25) is 5.95 Å². The Labute approximate surface area is 95.6 Å². The highest BCUT2D eigenvalue weighted by Crippen LogP contribution is 2.20. The average molecular weight is 220 g/mol. The fourth-order valence-corrected chi connectivity index (χ4v) is 2.17. The molecule has 0 aliphatic heterocycles. The second-order valence-electron chi connectivity index (χ2n) is 4.33. The van der Waals surface area contributed by atoms with Crippen LogP contribution in [0.5, 0.6) is 0 Å². The van der Waals surface area contributed by atoms with Gasteiger partial charge in [-0.2, -0.15) is 4.39 Å². The van der Waals surface area contributed by atoms with E-state index < -0.39 is 5.95 Å². The van der Waals surface area contributed by atoms with Crippen molar-refractivity contribution in [2.75, 3.05) is 0 Å². The number of aromatic nitrogens is 1. The van der Waals surface area contributed by atoms with E-state index >= 15 is 0 Å². The molecule has 86 valence electrons. The molecule has 1 saturated carbocycles.